The largest absolute Gasteiger partial charge is 0.466 e. The topological polar surface area (TPSA) is 102 Å². The van der Waals surface area contributed by atoms with Gasteiger partial charge >= 0.3 is 11.9 Å². The van der Waals surface area contributed by atoms with E-state index in [4.69, 9.17) is 4.74 Å². The summed E-state index contributed by atoms with van der Waals surface area (Å²) < 4.78 is 9.60. The molecule has 2 amide bonds. The molecule has 1 saturated heterocycles. The zero-order valence-electron chi connectivity index (χ0n) is 15.4. The Hall–Kier alpha value is -2.03. The molecule has 1 heterocycles. The highest BCUT2D eigenvalue weighted by molar-refractivity contribution is 8.04. The minimum absolute atomic E-state index is 0.103. The van der Waals surface area contributed by atoms with Gasteiger partial charge in [0.1, 0.15) is 6.54 Å². The molecule has 1 rings (SSSR count). The molecule has 0 aromatic carbocycles. The summed E-state index contributed by atoms with van der Waals surface area (Å²) in [6.07, 6.45) is 2.85. The van der Waals surface area contributed by atoms with Crippen LogP contribution in [0.3, 0.4) is 0 Å². The highest BCUT2D eigenvalue weighted by Crippen LogP contribution is 2.28. The fourth-order valence-electron chi connectivity index (χ4n) is 2.07. The Bertz CT molecular complexity index is 561. The maximum Gasteiger partial charge on any atom is 0.333 e. The number of carbonyl (C=O) groups excluding carboxylic acids is 4. The van der Waals surface area contributed by atoms with Crippen LogP contribution < -0.4 is 5.32 Å². The zero-order valence-corrected chi connectivity index (χ0v) is 16.2. The van der Waals surface area contributed by atoms with Crippen molar-refractivity contribution in [3.05, 3.63) is 11.1 Å². The number of esters is 2. The van der Waals surface area contributed by atoms with Crippen LogP contribution in [0.4, 0.5) is 0 Å². The summed E-state index contributed by atoms with van der Waals surface area (Å²) in [7, 11) is 1.27. The van der Waals surface area contributed by atoms with Gasteiger partial charge in [-0.25, -0.2) is 4.79 Å². The molecule has 0 saturated carbocycles. The molecule has 0 radical (unpaired) electrons. The van der Waals surface area contributed by atoms with E-state index in [0.717, 1.165) is 6.42 Å². The van der Waals surface area contributed by atoms with Crippen molar-refractivity contribution in [2.24, 2.45) is 5.92 Å². The number of thioether (sulfide) groups is 1. The van der Waals surface area contributed by atoms with Crippen molar-refractivity contribution in [1.29, 1.82) is 0 Å². The molecule has 1 aliphatic heterocycles. The monoisotopic (exact) mass is 386 g/mol. The number of hydrogen-bond donors (Lipinski definition) is 1. The van der Waals surface area contributed by atoms with Gasteiger partial charge in [0.15, 0.2) is 0 Å². The van der Waals surface area contributed by atoms with E-state index < -0.39 is 11.9 Å². The first-order valence-electron chi connectivity index (χ1n) is 8.48. The molecule has 8 nitrogen and oxygen atoms in total. The number of amides is 2. The third kappa shape index (κ3) is 8.37. The molecule has 0 aromatic rings. The Balaban J connectivity index is 2.25. The Morgan fingerprint density at radius 3 is 2.73 bits per heavy atom. The van der Waals surface area contributed by atoms with Crippen molar-refractivity contribution in [3.8, 4) is 0 Å². The van der Waals surface area contributed by atoms with Gasteiger partial charge in [0.2, 0.25) is 11.8 Å². The SMILES string of the molecule is COC(=O)/C=C1/SCC(=O)N1CCCOC(=O)CNC(=O)CCC(C)C. The molecule has 1 fully saturated rings. The van der Waals surface area contributed by atoms with Gasteiger partial charge in [-0.3, -0.25) is 14.4 Å². The molecule has 0 unspecified atom stereocenters. The van der Waals surface area contributed by atoms with E-state index in [1.807, 2.05) is 13.8 Å². The van der Waals surface area contributed by atoms with E-state index in [9.17, 15) is 19.2 Å². The van der Waals surface area contributed by atoms with Crippen LogP contribution in [0.2, 0.25) is 0 Å². The molecular weight excluding hydrogens is 360 g/mol. The fraction of sp³-hybridized carbons (Fsp3) is 0.647. The molecule has 1 aliphatic rings. The molecule has 146 valence electrons. The third-order valence-corrected chi connectivity index (χ3v) is 4.55. The van der Waals surface area contributed by atoms with E-state index in [2.05, 4.69) is 10.1 Å². The molecular formula is C17H26N2O6S. The van der Waals surface area contributed by atoms with E-state index in [1.54, 1.807) is 0 Å². The quantitative estimate of drug-likeness (QED) is 0.340. The summed E-state index contributed by atoms with van der Waals surface area (Å²) in [5.41, 5.74) is 0. The first kappa shape index (κ1) is 22.0. The van der Waals surface area contributed by atoms with Crippen molar-refractivity contribution < 1.29 is 28.7 Å². The van der Waals surface area contributed by atoms with Gasteiger partial charge in [-0.2, -0.15) is 0 Å². The minimum Gasteiger partial charge on any atom is -0.466 e. The van der Waals surface area contributed by atoms with Crippen LogP contribution in [0.15, 0.2) is 11.1 Å². The lowest BCUT2D eigenvalue weighted by Crippen LogP contribution is -2.31. The molecule has 0 bridgehead atoms. The van der Waals surface area contributed by atoms with Gasteiger partial charge < -0.3 is 19.7 Å². The number of carbonyl (C=O) groups is 4. The van der Waals surface area contributed by atoms with Crippen LogP contribution in [0.5, 0.6) is 0 Å². The Kier molecular flexibility index (Phi) is 9.79. The summed E-state index contributed by atoms with van der Waals surface area (Å²) in [6.45, 7) is 4.35. The van der Waals surface area contributed by atoms with Crippen molar-refractivity contribution >= 4 is 35.5 Å². The summed E-state index contributed by atoms with van der Waals surface area (Å²) >= 11 is 1.27. The second kappa shape index (κ2) is 11.6. The van der Waals surface area contributed by atoms with Crippen LogP contribution in [0.1, 0.15) is 33.1 Å². The lowest BCUT2D eigenvalue weighted by atomic mass is 10.1. The Labute approximate surface area is 157 Å². The van der Waals surface area contributed by atoms with Crippen molar-refractivity contribution in [2.45, 2.75) is 33.1 Å². The number of hydrogen-bond acceptors (Lipinski definition) is 7. The predicted molar refractivity (Wildman–Crippen MR) is 96.9 cm³/mol. The first-order valence-corrected chi connectivity index (χ1v) is 9.47. The normalized spacial score (nSPS) is 15.5. The lowest BCUT2D eigenvalue weighted by molar-refractivity contribution is -0.144. The van der Waals surface area contributed by atoms with Crippen molar-refractivity contribution in [3.63, 3.8) is 0 Å². The molecule has 0 aliphatic carbocycles. The van der Waals surface area contributed by atoms with Gasteiger partial charge in [-0.1, -0.05) is 25.6 Å². The number of ether oxygens (including phenoxy) is 2. The van der Waals surface area contributed by atoms with E-state index in [1.165, 1.54) is 29.8 Å². The third-order valence-electron chi connectivity index (χ3n) is 3.52. The molecule has 26 heavy (non-hydrogen) atoms. The number of rotatable bonds is 10. The number of nitrogens with zero attached hydrogens (tertiary/aromatic N) is 1. The highest BCUT2D eigenvalue weighted by Gasteiger charge is 2.27. The number of methoxy groups -OCH3 is 1. The summed E-state index contributed by atoms with van der Waals surface area (Å²) in [4.78, 5) is 47.7. The van der Waals surface area contributed by atoms with Gasteiger partial charge in [0.05, 0.1) is 30.6 Å². The van der Waals surface area contributed by atoms with E-state index in [-0.39, 0.29) is 30.7 Å². The second-order valence-electron chi connectivity index (χ2n) is 6.12. The van der Waals surface area contributed by atoms with Crippen LogP contribution >= 0.6 is 11.8 Å². The molecule has 0 spiro atoms. The maximum absolute atomic E-state index is 11.8. The van der Waals surface area contributed by atoms with Crippen molar-refractivity contribution in [2.75, 3.05) is 32.6 Å². The van der Waals surface area contributed by atoms with E-state index >= 15 is 0 Å². The fourth-order valence-corrected chi connectivity index (χ4v) is 3.02. The summed E-state index contributed by atoms with van der Waals surface area (Å²) in [6, 6.07) is 0. The average molecular weight is 386 g/mol. The summed E-state index contributed by atoms with van der Waals surface area (Å²) in [5.74, 6) is -0.619. The molecule has 9 heteroatoms. The predicted octanol–water partition coefficient (Wildman–Crippen LogP) is 1.06. The highest BCUT2D eigenvalue weighted by atomic mass is 32.2. The summed E-state index contributed by atoms with van der Waals surface area (Å²) in [5, 5.41) is 3.05. The van der Waals surface area contributed by atoms with Crippen LogP contribution in [-0.4, -0.2) is 61.2 Å². The minimum atomic E-state index is -0.521. The van der Waals surface area contributed by atoms with E-state index in [0.29, 0.717) is 30.3 Å². The van der Waals surface area contributed by atoms with Gasteiger partial charge in [-0.05, 0) is 18.8 Å². The molecule has 0 atom stereocenters. The maximum atomic E-state index is 11.8. The van der Waals surface area contributed by atoms with Gasteiger partial charge in [0.25, 0.3) is 0 Å². The Morgan fingerprint density at radius 2 is 2.08 bits per heavy atom. The molecule has 1 N–H and O–H groups in total. The van der Waals surface area contributed by atoms with Crippen molar-refractivity contribution in [1.82, 2.24) is 10.2 Å². The lowest BCUT2D eigenvalue weighted by Gasteiger charge is -2.16. The Morgan fingerprint density at radius 1 is 1.35 bits per heavy atom. The van der Waals surface area contributed by atoms with Crippen LogP contribution in [-0.2, 0) is 28.7 Å². The van der Waals surface area contributed by atoms with Gasteiger partial charge in [0, 0.05) is 13.0 Å². The standard InChI is InChI=1S/C17H26N2O6S/c1-12(2)5-6-13(20)18-10-17(23)25-8-4-7-19-14(21)11-26-15(19)9-16(22)24-3/h9,12H,4-8,10-11H2,1-3H3,(H,18,20)/b15-9+. The smallest absolute Gasteiger partial charge is 0.333 e. The van der Waals surface area contributed by atoms with Crippen LogP contribution in [0.25, 0.3) is 0 Å². The zero-order chi connectivity index (χ0) is 19.5. The number of nitrogens with one attached hydrogen (secondary N) is 1. The van der Waals surface area contributed by atoms with Crippen LogP contribution in [0, 0.1) is 5.92 Å². The second-order valence-corrected chi connectivity index (χ2v) is 7.12. The average Bonchev–Trinajstić information content (AvgIpc) is 2.94. The van der Waals surface area contributed by atoms with Gasteiger partial charge in [-0.15, -0.1) is 0 Å². The first-order chi connectivity index (χ1) is 12.3. The molecule has 0 aromatic heterocycles.